The van der Waals surface area contributed by atoms with Crippen LogP contribution in [0.25, 0.3) is 0 Å². The van der Waals surface area contributed by atoms with Gasteiger partial charge in [0.25, 0.3) is 0 Å². The molecule has 1 atom stereocenters. The molecule has 21 heavy (non-hydrogen) atoms. The molecule has 0 aromatic heterocycles. The molecule has 1 aliphatic rings. The maximum Gasteiger partial charge on any atom is 0.220 e. The van der Waals surface area contributed by atoms with Gasteiger partial charge in [-0.2, -0.15) is 0 Å². The fourth-order valence-corrected chi connectivity index (χ4v) is 2.50. The lowest BCUT2D eigenvalue weighted by atomic mass is 9.96. The van der Waals surface area contributed by atoms with Crippen LogP contribution in [0.15, 0.2) is 24.3 Å². The molecule has 1 saturated heterocycles. The van der Waals surface area contributed by atoms with Gasteiger partial charge in [0.15, 0.2) is 11.6 Å². The van der Waals surface area contributed by atoms with Crippen molar-refractivity contribution >= 4 is 5.91 Å². The number of nitrogens with zero attached hydrogens (tertiary/aromatic N) is 1. The van der Waals surface area contributed by atoms with Crippen molar-refractivity contribution in [3.05, 3.63) is 30.1 Å². The van der Waals surface area contributed by atoms with E-state index in [4.69, 9.17) is 10.5 Å². The van der Waals surface area contributed by atoms with E-state index in [1.807, 2.05) is 0 Å². The SMILES string of the molecule is NC(=O)C1CCN(C[C@@H](O)COc2ccccc2F)CC1. The van der Waals surface area contributed by atoms with Gasteiger partial charge in [-0.3, -0.25) is 4.79 Å². The average molecular weight is 296 g/mol. The number of ether oxygens (including phenoxy) is 1. The fourth-order valence-electron chi connectivity index (χ4n) is 2.50. The Morgan fingerprint density at radius 1 is 1.43 bits per heavy atom. The van der Waals surface area contributed by atoms with Crippen molar-refractivity contribution in [2.45, 2.75) is 18.9 Å². The van der Waals surface area contributed by atoms with Gasteiger partial charge in [0.2, 0.25) is 5.91 Å². The van der Waals surface area contributed by atoms with Gasteiger partial charge in [-0.05, 0) is 38.1 Å². The fraction of sp³-hybridized carbons (Fsp3) is 0.533. The third-order valence-electron chi connectivity index (χ3n) is 3.73. The monoisotopic (exact) mass is 296 g/mol. The minimum absolute atomic E-state index is 0.0384. The quantitative estimate of drug-likeness (QED) is 0.813. The number of aliphatic hydroxyl groups excluding tert-OH is 1. The molecule has 3 N–H and O–H groups in total. The van der Waals surface area contributed by atoms with Gasteiger partial charge in [0.1, 0.15) is 12.7 Å². The highest BCUT2D eigenvalue weighted by Gasteiger charge is 2.24. The number of piperidine rings is 1. The largest absolute Gasteiger partial charge is 0.488 e. The Kier molecular flexibility index (Phi) is 5.52. The molecule has 1 aromatic rings. The Morgan fingerprint density at radius 2 is 2.10 bits per heavy atom. The lowest BCUT2D eigenvalue weighted by Crippen LogP contribution is -2.43. The van der Waals surface area contributed by atoms with Crippen LogP contribution in [0.1, 0.15) is 12.8 Å². The number of amides is 1. The van der Waals surface area contributed by atoms with Gasteiger partial charge >= 0.3 is 0 Å². The second kappa shape index (κ2) is 7.38. The van der Waals surface area contributed by atoms with E-state index in [-0.39, 0.29) is 24.2 Å². The Labute approximate surface area is 123 Å². The summed E-state index contributed by atoms with van der Waals surface area (Å²) in [6.07, 6.45) is 0.738. The second-order valence-corrected chi connectivity index (χ2v) is 5.37. The third kappa shape index (κ3) is 4.68. The molecule has 1 heterocycles. The molecule has 0 unspecified atom stereocenters. The molecule has 5 nitrogen and oxygen atoms in total. The molecular weight excluding hydrogens is 275 g/mol. The number of likely N-dealkylation sites (tertiary alicyclic amines) is 1. The van der Waals surface area contributed by atoms with Gasteiger partial charge in [-0.25, -0.2) is 4.39 Å². The first kappa shape index (κ1) is 15.7. The summed E-state index contributed by atoms with van der Waals surface area (Å²) in [5, 5.41) is 9.95. The zero-order valence-electron chi connectivity index (χ0n) is 11.9. The summed E-state index contributed by atoms with van der Waals surface area (Å²) in [6, 6.07) is 6.11. The summed E-state index contributed by atoms with van der Waals surface area (Å²) >= 11 is 0. The number of nitrogens with two attached hydrogens (primary N) is 1. The van der Waals surface area contributed by atoms with E-state index in [0.29, 0.717) is 6.54 Å². The lowest BCUT2D eigenvalue weighted by Gasteiger charge is -2.31. The van der Waals surface area contributed by atoms with E-state index >= 15 is 0 Å². The number of primary amides is 1. The van der Waals surface area contributed by atoms with Crippen LogP contribution in [0.5, 0.6) is 5.75 Å². The van der Waals surface area contributed by atoms with Crippen LogP contribution in [-0.4, -0.2) is 48.3 Å². The number of carbonyl (C=O) groups excluding carboxylic acids is 1. The highest BCUT2D eigenvalue weighted by atomic mass is 19.1. The van der Waals surface area contributed by atoms with Crippen molar-refractivity contribution < 1.29 is 19.0 Å². The molecule has 0 spiro atoms. The Morgan fingerprint density at radius 3 is 2.71 bits per heavy atom. The van der Waals surface area contributed by atoms with Crippen molar-refractivity contribution in [2.24, 2.45) is 11.7 Å². The van der Waals surface area contributed by atoms with Crippen LogP contribution in [0.2, 0.25) is 0 Å². The predicted octanol–water partition coefficient (Wildman–Crippen LogP) is 0.763. The average Bonchev–Trinajstić information content (AvgIpc) is 2.47. The molecule has 116 valence electrons. The molecular formula is C15H21FN2O3. The molecule has 6 heteroatoms. The standard InChI is InChI=1S/C15H21FN2O3/c16-13-3-1-2-4-14(13)21-10-12(19)9-18-7-5-11(6-8-18)15(17)20/h1-4,11-12,19H,5-10H2,(H2,17,20)/t12-/m1/s1. The summed E-state index contributed by atoms with van der Waals surface area (Å²) in [4.78, 5) is 13.1. The van der Waals surface area contributed by atoms with Crippen LogP contribution in [-0.2, 0) is 4.79 Å². The van der Waals surface area contributed by atoms with Gasteiger partial charge in [0, 0.05) is 12.5 Å². The van der Waals surface area contributed by atoms with Crippen molar-refractivity contribution in [2.75, 3.05) is 26.2 Å². The molecule has 0 radical (unpaired) electrons. The van der Waals surface area contributed by atoms with Gasteiger partial charge in [-0.1, -0.05) is 12.1 Å². The first-order valence-electron chi connectivity index (χ1n) is 7.13. The number of carbonyl (C=O) groups is 1. The minimum Gasteiger partial charge on any atom is -0.488 e. The van der Waals surface area contributed by atoms with E-state index in [1.54, 1.807) is 12.1 Å². The normalized spacial score (nSPS) is 18.4. The van der Waals surface area contributed by atoms with E-state index in [0.717, 1.165) is 25.9 Å². The highest BCUT2D eigenvalue weighted by Crippen LogP contribution is 2.18. The van der Waals surface area contributed by atoms with E-state index in [1.165, 1.54) is 12.1 Å². The van der Waals surface area contributed by atoms with Gasteiger partial charge in [0.05, 0.1) is 0 Å². The molecule has 1 fully saturated rings. The zero-order chi connectivity index (χ0) is 15.2. The van der Waals surface area contributed by atoms with E-state index in [9.17, 15) is 14.3 Å². The molecule has 1 aliphatic heterocycles. The van der Waals surface area contributed by atoms with Crippen molar-refractivity contribution in [3.63, 3.8) is 0 Å². The molecule has 2 rings (SSSR count). The van der Waals surface area contributed by atoms with Crippen molar-refractivity contribution in [1.29, 1.82) is 0 Å². The number of para-hydroxylation sites is 1. The zero-order valence-corrected chi connectivity index (χ0v) is 11.9. The van der Waals surface area contributed by atoms with Crippen LogP contribution < -0.4 is 10.5 Å². The Bertz CT molecular complexity index is 476. The van der Waals surface area contributed by atoms with Crippen molar-refractivity contribution in [3.8, 4) is 5.75 Å². The second-order valence-electron chi connectivity index (χ2n) is 5.37. The summed E-state index contributed by atoms with van der Waals surface area (Å²) in [6.45, 7) is 1.94. The Hall–Kier alpha value is -1.66. The number of β-amino-alcohol motifs (C(OH)–C–C–N with tert-alkyl or cyclic N) is 1. The predicted molar refractivity (Wildman–Crippen MR) is 76.3 cm³/mol. The van der Waals surface area contributed by atoms with Crippen LogP contribution in [0.4, 0.5) is 4.39 Å². The number of aliphatic hydroxyl groups is 1. The van der Waals surface area contributed by atoms with Gasteiger partial charge < -0.3 is 20.5 Å². The van der Waals surface area contributed by atoms with Crippen LogP contribution in [0.3, 0.4) is 0 Å². The first-order valence-corrected chi connectivity index (χ1v) is 7.13. The number of hydrogen-bond acceptors (Lipinski definition) is 4. The smallest absolute Gasteiger partial charge is 0.220 e. The van der Waals surface area contributed by atoms with Crippen LogP contribution in [0, 0.1) is 11.7 Å². The maximum absolute atomic E-state index is 13.4. The van der Waals surface area contributed by atoms with Gasteiger partial charge in [-0.15, -0.1) is 0 Å². The van der Waals surface area contributed by atoms with Crippen LogP contribution >= 0.6 is 0 Å². The minimum atomic E-state index is -0.699. The van der Waals surface area contributed by atoms with E-state index in [2.05, 4.69) is 4.90 Å². The first-order chi connectivity index (χ1) is 10.1. The number of halogens is 1. The number of hydrogen-bond donors (Lipinski definition) is 2. The third-order valence-corrected chi connectivity index (χ3v) is 3.73. The maximum atomic E-state index is 13.4. The Balaban J connectivity index is 1.72. The molecule has 0 bridgehead atoms. The summed E-state index contributed by atoms with van der Waals surface area (Å²) in [5.41, 5.74) is 5.28. The molecule has 1 amide bonds. The molecule has 1 aromatic carbocycles. The molecule has 0 saturated carbocycles. The molecule has 0 aliphatic carbocycles. The number of rotatable bonds is 6. The highest BCUT2D eigenvalue weighted by molar-refractivity contribution is 5.76. The summed E-state index contributed by atoms with van der Waals surface area (Å²) < 4.78 is 18.6. The summed E-state index contributed by atoms with van der Waals surface area (Å²) in [7, 11) is 0. The van der Waals surface area contributed by atoms with Crippen molar-refractivity contribution in [1.82, 2.24) is 4.90 Å². The summed E-state index contributed by atoms with van der Waals surface area (Å²) in [5.74, 6) is -0.609. The topological polar surface area (TPSA) is 75.8 Å². The lowest BCUT2D eigenvalue weighted by molar-refractivity contribution is -0.123. The van der Waals surface area contributed by atoms with E-state index < -0.39 is 11.9 Å². The number of benzene rings is 1.